The van der Waals surface area contributed by atoms with E-state index in [0.29, 0.717) is 27.9 Å². The lowest BCUT2D eigenvalue weighted by atomic mass is 10.1. The van der Waals surface area contributed by atoms with Gasteiger partial charge in [-0.3, -0.25) is 13.9 Å². The SMILES string of the molecule is CC[C@@H](C(=O)NCC(C)C)N(Cc1ccc(Cl)c(Cl)c1)C(=O)CN(c1cc(OC)ccc1OC)S(=O)(=O)c1ccc(C)cc1. The molecule has 0 bridgehead atoms. The van der Waals surface area contributed by atoms with Gasteiger partial charge < -0.3 is 19.7 Å². The highest BCUT2D eigenvalue weighted by atomic mass is 35.5. The first-order valence-electron chi connectivity index (χ1n) is 14.1. The summed E-state index contributed by atoms with van der Waals surface area (Å²) in [4.78, 5) is 29.1. The van der Waals surface area contributed by atoms with Gasteiger partial charge in [0.2, 0.25) is 11.8 Å². The highest BCUT2D eigenvalue weighted by Gasteiger charge is 2.35. The van der Waals surface area contributed by atoms with Crippen molar-refractivity contribution in [2.45, 2.75) is 51.6 Å². The van der Waals surface area contributed by atoms with Crippen molar-refractivity contribution >= 4 is 50.7 Å². The molecule has 1 atom stereocenters. The van der Waals surface area contributed by atoms with Crippen molar-refractivity contribution in [1.29, 1.82) is 0 Å². The Bertz CT molecular complexity index is 1560. The molecule has 0 aliphatic rings. The molecule has 0 spiro atoms. The predicted octanol–water partition coefficient (Wildman–Crippen LogP) is 6.09. The predicted molar refractivity (Wildman–Crippen MR) is 174 cm³/mol. The third kappa shape index (κ3) is 8.58. The summed E-state index contributed by atoms with van der Waals surface area (Å²) in [5.74, 6) is -0.187. The van der Waals surface area contributed by atoms with Crippen LogP contribution in [0.1, 0.15) is 38.3 Å². The lowest BCUT2D eigenvalue weighted by Gasteiger charge is -2.33. The molecular weight excluding hydrogens is 625 g/mol. The maximum Gasteiger partial charge on any atom is 0.264 e. The minimum absolute atomic E-state index is 0.0153. The summed E-state index contributed by atoms with van der Waals surface area (Å²) in [7, 11) is -1.44. The largest absolute Gasteiger partial charge is 0.497 e. The second kappa shape index (κ2) is 15.5. The van der Waals surface area contributed by atoms with Crippen LogP contribution in [0.25, 0.3) is 0 Å². The molecule has 0 saturated carbocycles. The zero-order valence-corrected chi connectivity index (χ0v) is 28.1. The van der Waals surface area contributed by atoms with E-state index in [1.807, 2.05) is 20.8 Å². The van der Waals surface area contributed by atoms with Crippen LogP contribution in [0.5, 0.6) is 11.5 Å². The molecule has 0 fully saturated rings. The standard InChI is InChI=1S/C32H39Cl2N3O6S/c1-7-28(32(39)35-18-21(2)3)36(19-23-10-14-26(33)27(34)16-23)31(38)20-37(29-17-24(42-5)11-15-30(29)43-6)44(40,41)25-12-8-22(4)9-13-25/h8-17,21,28H,7,18-20H2,1-6H3,(H,35,39)/t28-/m0/s1. The Labute approximate surface area is 270 Å². The van der Waals surface area contributed by atoms with E-state index < -0.39 is 28.5 Å². The Balaban J connectivity index is 2.15. The Hall–Kier alpha value is -3.47. The molecule has 0 aromatic heterocycles. The molecule has 3 aromatic rings. The van der Waals surface area contributed by atoms with Crippen LogP contribution in [-0.4, -0.2) is 58.5 Å². The Morgan fingerprint density at radius 2 is 1.61 bits per heavy atom. The van der Waals surface area contributed by atoms with Crippen molar-refractivity contribution in [3.63, 3.8) is 0 Å². The van der Waals surface area contributed by atoms with E-state index >= 15 is 0 Å². The molecule has 0 saturated heterocycles. The van der Waals surface area contributed by atoms with Gasteiger partial charge >= 0.3 is 0 Å². The molecular formula is C32H39Cl2N3O6S. The fraction of sp³-hybridized carbons (Fsp3) is 0.375. The molecule has 9 nitrogen and oxygen atoms in total. The monoisotopic (exact) mass is 663 g/mol. The number of hydrogen-bond acceptors (Lipinski definition) is 6. The number of methoxy groups -OCH3 is 2. The van der Waals surface area contributed by atoms with Crippen molar-refractivity contribution < 1.29 is 27.5 Å². The van der Waals surface area contributed by atoms with Gasteiger partial charge in [0, 0.05) is 19.2 Å². The normalized spacial score (nSPS) is 12.0. The van der Waals surface area contributed by atoms with Gasteiger partial charge in [-0.1, -0.05) is 67.7 Å². The van der Waals surface area contributed by atoms with Crippen molar-refractivity contribution in [3.8, 4) is 11.5 Å². The average molecular weight is 665 g/mol. The van der Waals surface area contributed by atoms with E-state index in [9.17, 15) is 18.0 Å². The van der Waals surface area contributed by atoms with Gasteiger partial charge in [0.25, 0.3) is 10.0 Å². The molecule has 0 heterocycles. The average Bonchev–Trinajstić information content (AvgIpc) is 3.00. The van der Waals surface area contributed by atoms with E-state index in [0.717, 1.165) is 9.87 Å². The zero-order valence-electron chi connectivity index (χ0n) is 25.8. The number of amides is 2. The second-order valence-electron chi connectivity index (χ2n) is 10.7. The Morgan fingerprint density at radius 3 is 2.18 bits per heavy atom. The van der Waals surface area contributed by atoms with E-state index in [-0.39, 0.29) is 41.1 Å². The molecule has 238 valence electrons. The summed E-state index contributed by atoms with van der Waals surface area (Å²) < 4.78 is 40.3. The number of carbonyl (C=O) groups excluding carboxylic acids is 2. The van der Waals surface area contributed by atoms with Crippen LogP contribution in [-0.2, 0) is 26.2 Å². The van der Waals surface area contributed by atoms with E-state index in [1.165, 1.54) is 37.3 Å². The third-order valence-electron chi connectivity index (χ3n) is 6.95. The van der Waals surface area contributed by atoms with Gasteiger partial charge in [-0.05, 0) is 61.2 Å². The summed E-state index contributed by atoms with van der Waals surface area (Å²) in [6, 6.07) is 15.1. The molecule has 3 aromatic carbocycles. The van der Waals surface area contributed by atoms with Crippen LogP contribution < -0.4 is 19.1 Å². The van der Waals surface area contributed by atoms with E-state index in [4.69, 9.17) is 32.7 Å². The highest BCUT2D eigenvalue weighted by molar-refractivity contribution is 7.92. The topological polar surface area (TPSA) is 105 Å². The van der Waals surface area contributed by atoms with Crippen molar-refractivity contribution in [2.75, 3.05) is 31.6 Å². The number of sulfonamides is 1. The summed E-state index contributed by atoms with van der Waals surface area (Å²) in [5.41, 5.74) is 1.60. The lowest BCUT2D eigenvalue weighted by Crippen LogP contribution is -2.52. The van der Waals surface area contributed by atoms with Crippen molar-refractivity contribution in [1.82, 2.24) is 10.2 Å². The van der Waals surface area contributed by atoms with Crippen LogP contribution >= 0.6 is 23.2 Å². The summed E-state index contributed by atoms with van der Waals surface area (Å²) in [6.07, 6.45) is 0.282. The van der Waals surface area contributed by atoms with Crippen LogP contribution in [0.15, 0.2) is 65.6 Å². The highest BCUT2D eigenvalue weighted by Crippen LogP contribution is 2.36. The number of anilines is 1. The van der Waals surface area contributed by atoms with Crippen molar-refractivity contribution in [3.05, 3.63) is 81.8 Å². The fourth-order valence-corrected chi connectivity index (χ4v) is 6.26. The number of nitrogens with zero attached hydrogens (tertiary/aromatic N) is 2. The molecule has 2 amide bonds. The lowest BCUT2D eigenvalue weighted by molar-refractivity contribution is -0.140. The number of aryl methyl sites for hydroxylation is 1. The molecule has 12 heteroatoms. The van der Waals surface area contributed by atoms with Gasteiger partial charge in [-0.15, -0.1) is 0 Å². The summed E-state index contributed by atoms with van der Waals surface area (Å²) >= 11 is 12.4. The second-order valence-corrected chi connectivity index (χ2v) is 13.4. The number of halogens is 2. The Kier molecular flexibility index (Phi) is 12.3. The smallest absolute Gasteiger partial charge is 0.264 e. The van der Waals surface area contributed by atoms with Gasteiger partial charge in [0.1, 0.15) is 24.1 Å². The molecule has 0 aliphatic carbocycles. The number of rotatable bonds is 14. The Morgan fingerprint density at radius 1 is 0.932 bits per heavy atom. The van der Waals surface area contributed by atoms with Crippen LogP contribution in [0, 0.1) is 12.8 Å². The number of benzene rings is 3. The molecule has 0 radical (unpaired) electrons. The number of ether oxygens (including phenoxy) is 2. The molecule has 44 heavy (non-hydrogen) atoms. The molecule has 0 unspecified atom stereocenters. The quantitative estimate of drug-likeness (QED) is 0.224. The minimum atomic E-state index is -4.31. The molecule has 3 rings (SSSR count). The van der Waals surface area contributed by atoms with E-state index in [1.54, 1.807) is 49.4 Å². The first-order valence-corrected chi connectivity index (χ1v) is 16.3. The first-order chi connectivity index (χ1) is 20.8. The number of hydrogen-bond donors (Lipinski definition) is 1. The first kappa shape index (κ1) is 35.0. The summed E-state index contributed by atoms with van der Waals surface area (Å²) in [5, 5.41) is 3.54. The van der Waals surface area contributed by atoms with Gasteiger partial charge in [-0.2, -0.15) is 0 Å². The van der Waals surface area contributed by atoms with Gasteiger partial charge in [0.15, 0.2) is 0 Å². The number of carbonyl (C=O) groups is 2. The molecule has 0 aliphatic heterocycles. The van der Waals surface area contributed by atoms with Gasteiger partial charge in [0.05, 0.1) is 34.8 Å². The van der Waals surface area contributed by atoms with Crippen LogP contribution in [0.3, 0.4) is 0 Å². The fourth-order valence-electron chi connectivity index (χ4n) is 4.52. The summed E-state index contributed by atoms with van der Waals surface area (Å²) in [6.45, 7) is 7.34. The van der Waals surface area contributed by atoms with Crippen LogP contribution in [0.2, 0.25) is 10.0 Å². The van der Waals surface area contributed by atoms with Gasteiger partial charge in [-0.25, -0.2) is 8.42 Å². The minimum Gasteiger partial charge on any atom is -0.497 e. The third-order valence-corrected chi connectivity index (χ3v) is 9.46. The maximum absolute atomic E-state index is 14.3. The zero-order chi connectivity index (χ0) is 32.6. The van der Waals surface area contributed by atoms with E-state index in [2.05, 4.69) is 5.32 Å². The maximum atomic E-state index is 14.3. The number of nitrogens with one attached hydrogen (secondary N) is 1. The molecule has 1 N–H and O–H groups in total. The van der Waals surface area contributed by atoms with Crippen LogP contribution in [0.4, 0.5) is 5.69 Å². The van der Waals surface area contributed by atoms with Crippen molar-refractivity contribution in [2.24, 2.45) is 5.92 Å².